The lowest BCUT2D eigenvalue weighted by Gasteiger charge is -2.32. The third-order valence-corrected chi connectivity index (χ3v) is 5.03. The summed E-state index contributed by atoms with van der Waals surface area (Å²) in [4.78, 5) is 12.4. The van der Waals surface area contributed by atoms with Gasteiger partial charge in [0.25, 0.3) is 0 Å². The van der Waals surface area contributed by atoms with Crippen LogP contribution in [0.5, 0.6) is 0 Å². The lowest BCUT2D eigenvalue weighted by Crippen LogP contribution is -2.56. The first kappa shape index (κ1) is 13.6. The van der Waals surface area contributed by atoms with Crippen LogP contribution in [0.1, 0.15) is 50.5 Å². The Balaban J connectivity index is 1.61. The van der Waals surface area contributed by atoms with E-state index >= 15 is 0 Å². The summed E-state index contributed by atoms with van der Waals surface area (Å²) in [7, 11) is 0. The standard InChI is InChI=1S/C17H24N2O/c18-17(9-5-2-6-10-17)15(20)19-13-16(11-12-16)14-7-3-1-4-8-14/h1,3-4,7-8H,2,5-6,9-13,18H2,(H,19,20). The molecule has 3 rings (SSSR count). The van der Waals surface area contributed by atoms with Gasteiger partial charge in [-0.1, -0.05) is 49.6 Å². The summed E-state index contributed by atoms with van der Waals surface area (Å²) < 4.78 is 0. The van der Waals surface area contributed by atoms with Gasteiger partial charge in [-0.2, -0.15) is 0 Å². The van der Waals surface area contributed by atoms with E-state index < -0.39 is 5.54 Å². The lowest BCUT2D eigenvalue weighted by atomic mass is 9.81. The zero-order valence-corrected chi connectivity index (χ0v) is 12.0. The molecule has 3 nitrogen and oxygen atoms in total. The van der Waals surface area contributed by atoms with E-state index in [9.17, 15) is 4.79 Å². The van der Waals surface area contributed by atoms with E-state index in [1.54, 1.807) is 0 Å². The first-order chi connectivity index (χ1) is 9.65. The molecule has 20 heavy (non-hydrogen) atoms. The summed E-state index contributed by atoms with van der Waals surface area (Å²) in [6, 6.07) is 10.5. The minimum absolute atomic E-state index is 0.0550. The molecule has 0 aliphatic heterocycles. The predicted molar refractivity (Wildman–Crippen MR) is 80.4 cm³/mol. The Hall–Kier alpha value is -1.35. The number of hydrogen-bond acceptors (Lipinski definition) is 2. The van der Waals surface area contributed by atoms with E-state index in [1.807, 2.05) is 6.07 Å². The molecule has 2 aliphatic rings. The van der Waals surface area contributed by atoms with Crippen LogP contribution in [-0.4, -0.2) is 18.0 Å². The number of amides is 1. The van der Waals surface area contributed by atoms with Gasteiger partial charge in [-0.15, -0.1) is 0 Å². The van der Waals surface area contributed by atoms with E-state index in [0.29, 0.717) is 0 Å². The SMILES string of the molecule is NC1(C(=O)NCC2(c3ccccc3)CC2)CCCCC1. The van der Waals surface area contributed by atoms with Crippen molar-refractivity contribution < 1.29 is 4.79 Å². The van der Waals surface area contributed by atoms with E-state index in [1.165, 1.54) is 12.0 Å². The van der Waals surface area contributed by atoms with Crippen molar-refractivity contribution in [3.05, 3.63) is 35.9 Å². The maximum atomic E-state index is 12.4. The third kappa shape index (κ3) is 2.59. The largest absolute Gasteiger partial charge is 0.354 e. The molecular weight excluding hydrogens is 248 g/mol. The van der Waals surface area contributed by atoms with Gasteiger partial charge in [0, 0.05) is 12.0 Å². The zero-order chi connectivity index (χ0) is 14.1. The van der Waals surface area contributed by atoms with Crippen LogP contribution in [0.2, 0.25) is 0 Å². The Bertz CT molecular complexity index is 473. The van der Waals surface area contributed by atoms with Crippen molar-refractivity contribution in [2.45, 2.75) is 55.9 Å². The molecule has 1 aromatic rings. The number of carbonyl (C=O) groups excluding carboxylic acids is 1. The van der Waals surface area contributed by atoms with Crippen LogP contribution in [0, 0.1) is 0 Å². The van der Waals surface area contributed by atoms with Crippen LogP contribution in [0.4, 0.5) is 0 Å². The van der Waals surface area contributed by atoms with Crippen molar-refractivity contribution in [3.8, 4) is 0 Å². The van der Waals surface area contributed by atoms with Gasteiger partial charge in [-0.05, 0) is 31.2 Å². The monoisotopic (exact) mass is 272 g/mol. The molecule has 0 unspecified atom stereocenters. The maximum Gasteiger partial charge on any atom is 0.240 e. The van der Waals surface area contributed by atoms with Crippen LogP contribution in [0.15, 0.2) is 30.3 Å². The Labute approximate surface area is 120 Å². The van der Waals surface area contributed by atoms with Crippen LogP contribution >= 0.6 is 0 Å². The summed E-state index contributed by atoms with van der Waals surface area (Å²) in [5.41, 5.74) is 7.17. The van der Waals surface area contributed by atoms with Crippen molar-refractivity contribution in [1.82, 2.24) is 5.32 Å². The summed E-state index contributed by atoms with van der Waals surface area (Å²) in [6.07, 6.45) is 7.35. The summed E-state index contributed by atoms with van der Waals surface area (Å²) >= 11 is 0. The van der Waals surface area contributed by atoms with Crippen LogP contribution in [0.25, 0.3) is 0 Å². The highest BCUT2D eigenvalue weighted by molar-refractivity contribution is 5.86. The van der Waals surface area contributed by atoms with E-state index in [2.05, 4.69) is 29.6 Å². The second-order valence-corrected chi connectivity index (χ2v) is 6.55. The number of nitrogens with two attached hydrogens (primary N) is 1. The predicted octanol–water partition coefficient (Wildman–Crippen LogP) is 2.50. The molecule has 0 heterocycles. The van der Waals surface area contributed by atoms with Gasteiger partial charge in [0.15, 0.2) is 0 Å². The summed E-state index contributed by atoms with van der Waals surface area (Å²) in [6.45, 7) is 0.731. The highest BCUT2D eigenvalue weighted by atomic mass is 16.2. The van der Waals surface area contributed by atoms with E-state index in [0.717, 1.165) is 45.1 Å². The topological polar surface area (TPSA) is 55.1 Å². The minimum atomic E-state index is -0.620. The van der Waals surface area contributed by atoms with Gasteiger partial charge < -0.3 is 11.1 Å². The van der Waals surface area contributed by atoms with Crippen molar-refractivity contribution in [2.75, 3.05) is 6.54 Å². The van der Waals surface area contributed by atoms with Crippen molar-refractivity contribution in [1.29, 1.82) is 0 Å². The second-order valence-electron chi connectivity index (χ2n) is 6.55. The Morgan fingerprint density at radius 3 is 2.30 bits per heavy atom. The fourth-order valence-electron chi connectivity index (χ4n) is 3.35. The number of benzene rings is 1. The van der Waals surface area contributed by atoms with Gasteiger partial charge in [0.05, 0.1) is 5.54 Å². The molecule has 2 aliphatic carbocycles. The first-order valence-electron chi connectivity index (χ1n) is 7.77. The molecule has 0 aromatic heterocycles. The number of nitrogens with one attached hydrogen (secondary N) is 1. The molecule has 0 saturated heterocycles. The summed E-state index contributed by atoms with van der Waals surface area (Å²) in [5.74, 6) is 0.0550. The van der Waals surface area contributed by atoms with Crippen LogP contribution in [-0.2, 0) is 10.2 Å². The highest BCUT2D eigenvalue weighted by Crippen LogP contribution is 2.47. The van der Waals surface area contributed by atoms with Gasteiger partial charge in [0.2, 0.25) is 5.91 Å². The van der Waals surface area contributed by atoms with Crippen LogP contribution < -0.4 is 11.1 Å². The van der Waals surface area contributed by atoms with Gasteiger partial charge in [-0.25, -0.2) is 0 Å². The molecule has 0 bridgehead atoms. The van der Waals surface area contributed by atoms with E-state index in [4.69, 9.17) is 5.73 Å². The molecule has 108 valence electrons. The van der Waals surface area contributed by atoms with Gasteiger partial charge in [0.1, 0.15) is 0 Å². The third-order valence-electron chi connectivity index (χ3n) is 5.03. The zero-order valence-electron chi connectivity index (χ0n) is 12.0. The molecule has 2 fully saturated rings. The van der Waals surface area contributed by atoms with Crippen LogP contribution in [0.3, 0.4) is 0 Å². The molecule has 3 N–H and O–H groups in total. The van der Waals surface area contributed by atoms with Gasteiger partial charge >= 0.3 is 0 Å². The summed E-state index contributed by atoms with van der Waals surface area (Å²) in [5, 5.41) is 3.13. The first-order valence-corrected chi connectivity index (χ1v) is 7.77. The second kappa shape index (κ2) is 5.21. The van der Waals surface area contributed by atoms with Crippen molar-refractivity contribution in [2.24, 2.45) is 5.73 Å². The molecular formula is C17H24N2O. The molecule has 2 saturated carbocycles. The Morgan fingerprint density at radius 2 is 1.70 bits per heavy atom. The van der Waals surface area contributed by atoms with E-state index in [-0.39, 0.29) is 11.3 Å². The minimum Gasteiger partial charge on any atom is -0.354 e. The number of carbonyl (C=O) groups is 1. The number of rotatable bonds is 4. The number of hydrogen-bond donors (Lipinski definition) is 2. The molecule has 1 aromatic carbocycles. The molecule has 3 heteroatoms. The highest BCUT2D eigenvalue weighted by Gasteiger charge is 2.45. The fraction of sp³-hybridized carbons (Fsp3) is 0.588. The normalized spacial score (nSPS) is 23.1. The average Bonchev–Trinajstić information content (AvgIpc) is 3.28. The molecule has 0 spiro atoms. The molecule has 1 amide bonds. The lowest BCUT2D eigenvalue weighted by molar-refractivity contribution is -0.127. The smallest absolute Gasteiger partial charge is 0.240 e. The van der Waals surface area contributed by atoms with Gasteiger partial charge in [-0.3, -0.25) is 4.79 Å². The van der Waals surface area contributed by atoms with Crippen molar-refractivity contribution in [3.63, 3.8) is 0 Å². The molecule has 0 radical (unpaired) electrons. The molecule has 0 atom stereocenters. The fourth-order valence-corrected chi connectivity index (χ4v) is 3.35. The Kier molecular flexibility index (Phi) is 3.55. The average molecular weight is 272 g/mol. The maximum absolute atomic E-state index is 12.4. The quantitative estimate of drug-likeness (QED) is 0.885. The Morgan fingerprint density at radius 1 is 1.05 bits per heavy atom. The van der Waals surface area contributed by atoms with Crippen molar-refractivity contribution >= 4 is 5.91 Å².